The van der Waals surface area contributed by atoms with E-state index in [4.69, 9.17) is 0 Å². The number of thiol groups is 1. The van der Waals surface area contributed by atoms with Gasteiger partial charge in [0.25, 0.3) is 0 Å². The lowest BCUT2D eigenvalue weighted by molar-refractivity contribution is -0.130. The number of hydrogen-bond acceptors (Lipinski definition) is 2. The van der Waals surface area contributed by atoms with Crippen LogP contribution in [0.4, 0.5) is 0 Å². The lowest BCUT2D eigenvalue weighted by Gasteiger charge is -2.19. The SMILES string of the molecule is O=C(CCS)N1CCc2ccccc2CC1. The zero-order valence-electron chi connectivity index (χ0n) is 9.35. The Labute approximate surface area is 102 Å². The number of hydrogen-bond donors (Lipinski definition) is 1. The van der Waals surface area contributed by atoms with E-state index in [9.17, 15) is 4.79 Å². The maximum atomic E-state index is 11.8. The highest BCUT2D eigenvalue weighted by Crippen LogP contribution is 2.15. The van der Waals surface area contributed by atoms with E-state index >= 15 is 0 Å². The summed E-state index contributed by atoms with van der Waals surface area (Å²) >= 11 is 4.11. The molecule has 0 saturated carbocycles. The van der Waals surface area contributed by atoms with Crippen molar-refractivity contribution in [3.05, 3.63) is 35.4 Å². The van der Waals surface area contributed by atoms with E-state index in [1.807, 2.05) is 4.90 Å². The molecule has 1 amide bonds. The minimum atomic E-state index is 0.239. The van der Waals surface area contributed by atoms with Gasteiger partial charge in [0.05, 0.1) is 0 Å². The van der Waals surface area contributed by atoms with Gasteiger partial charge in [-0.25, -0.2) is 0 Å². The Morgan fingerprint density at radius 3 is 2.25 bits per heavy atom. The van der Waals surface area contributed by atoms with Crippen molar-refractivity contribution in [3.63, 3.8) is 0 Å². The van der Waals surface area contributed by atoms with Crippen LogP contribution in [-0.2, 0) is 17.6 Å². The van der Waals surface area contributed by atoms with Crippen molar-refractivity contribution >= 4 is 18.5 Å². The van der Waals surface area contributed by atoms with E-state index in [0.717, 1.165) is 25.9 Å². The molecule has 0 aliphatic carbocycles. The normalized spacial score (nSPS) is 15.4. The molecule has 86 valence electrons. The van der Waals surface area contributed by atoms with Gasteiger partial charge in [-0.2, -0.15) is 12.6 Å². The zero-order valence-corrected chi connectivity index (χ0v) is 10.2. The summed E-state index contributed by atoms with van der Waals surface area (Å²) in [5.74, 6) is 0.880. The first-order chi connectivity index (χ1) is 7.81. The van der Waals surface area contributed by atoms with Crippen LogP contribution in [0.15, 0.2) is 24.3 Å². The van der Waals surface area contributed by atoms with Gasteiger partial charge in [0.15, 0.2) is 0 Å². The smallest absolute Gasteiger partial charge is 0.223 e. The summed E-state index contributed by atoms with van der Waals surface area (Å²) in [5, 5.41) is 0. The second-order valence-corrected chi connectivity index (χ2v) is 4.57. The van der Waals surface area contributed by atoms with Crippen LogP contribution >= 0.6 is 12.6 Å². The molecule has 0 fully saturated rings. The van der Waals surface area contributed by atoms with Gasteiger partial charge >= 0.3 is 0 Å². The van der Waals surface area contributed by atoms with E-state index in [0.29, 0.717) is 12.2 Å². The number of nitrogens with zero attached hydrogens (tertiary/aromatic N) is 1. The molecule has 0 spiro atoms. The number of fused-ring (bicyclic) bond motifs is 1. The molecular formula is C13H17NOS. The summed E-state index contributed by atoms with van der Waals surface area (Å²) in [6.07, 6.45) is 2.52. The fraction of sp³-hybridized carbons (Fsp3) is 0.462. The lowest BCUT2D eigenvalue weighted by atomic mass is 10.0. The fourth-order valence-corrected chi connectivity index (χ4v) is 2.36. The monoisotopic (exact) mass is 235 g/mol. The first-order valence-corrected chi connectivity index (χ1v) is 6.40. The third kappa shape index (κ3) is 2.59. The van der Waals surface area contributed by atoms with Crippen LogP contribution in [0, 0.1) is 0 Å². The van der Waals surface area contributed by atoms with Crippen molar-refractivity contribution in [3.8, 4) is 0 Å². The molecule has 0 aromatic heterocycles. The molecule has 0 radical (unpaired) electrons. The molecule has 1 aliphatic rings. The Balaban J connectivity index is 2.04. The number of benzene rings is 1. The molecule has 1 aliphatic heterocycles. The van der Waals surface area contributed by atoms with Crippen LogP contribution in [0.25, 0.3) is 0 Å². The quantitative estimate of drug-likeness (QED) is 0.777. The first kappa shape index (κ1) is 11.5. The molecule has 3 heteroatoms. The molecule has 2 rings (SSSR count). The summed E-state index contributed by atoms with van der Waals surface area (Å²) in [5.41, 5.74) is 2.78. The molecular weight excluding hydrogens is 218 g/mol. The zero-order chi connectivity index (χ0) is 11.4. The number of carbonyl (C=O) groups excluding carboxylic acids is 1. The first-order valence-electron chi connectivity index (χ1n) is 5.76. The van der Waals surface area contributed by atoms with Crippen molar-refractivity contribution in [2.75, 3.05) is 18.8 Å². The topological polar surface area (TPSA) is 20.3 Å². The predicted molar refractivity (Wildman–Crippen MR) is 68.9 cm³/mol. The average molecular weight is 235 g/mol. The molecule has 0 unspecified atom stereocenters. The predicted octanol–water partition coefficient (Wildman–Crippen LogP) is 1.93. The van der Waals surface area contributed by atoms with Crippen molar-refractivity contribution in [1.82, 2.24) is 4.90 Å². The van der Waals surface area contributed by atoms with Crippen molar-refractivity contribution in [2.45, 2.75) is 19.3 Å². The Bertz CT molecular complexity index is 351. The molecule has 16 heavy (non-hydrogen) atoms. The molecule has 0 bridgehead atoms. The van der Waals surface area contributed by atoms with Gasteiger partial charge < -0.3 is 4.90 Å². The third-order valence-corrected chi connectivity index (χ3v) is 3.32. The summed E-state index contributed by atoms with van der Waals surface area (Å²) in [4.78, 5) is 13.7. The van der Waals surface area contributed by atoms with Crippen LogP contribution in [0.5, 0.6) is 0 Å². The number of amides is 1. The Hall–Kier alpha value is -0.960. The Morgan fingerprint density at radius 1 is 1.19 bits per heavy atom. The second-order valence-electron chi connectivity index (χ2n) is 4.12. The maximum absolute atomic E-state index is 11.8. The highest BCUT2D eigenvalue weighted by molar-refractivity contribution is 7.80. The van der Waals surface area contributed by atoms with Crippen molar-refractivity contribution in [1.29, 1.82) is 0 Å². The number of carbonyl (C=O) groups is 1. The van der Waals surface area contributed by atoms with E-state index in [2.05, 4.69) is 36.9 Å². The summed E-state index contributed by atoms with van der Waals surface area (Å²) in [7, 11) is 0. The minimum absolute atomic E-state index is 0.239. The van der Waals surface area contributed by atoms with E-state index in [-0.39, 0.29) is 5.91 Å². The fourth-order valence-electron chi connectivity index (χ4n) is 2.17. The molecule has 2 nitrogen and oxygen atoms in total. The average Bonchev–Trinajstić information content (AvgIpc) is 2.51. The maximum Gasteiger partial charge on any atom is 0.223 e. The molecule has 1 aromatic rings. The van der Waals surface area contributed by atoms with Crippen molar-refractivity contribution in [2.24, 2.45) is 0 Å². The summed E-state index contributed by atoms with van der Waals surface area (Å²) in [6, 6.07) is 8.48. The van der Waals surface area contributed by atoms with Crippen LogP contribution in [-0.4, -0.2) is 29.6 Å². The largest absolute Gasteiger partial charge is 0.342 e. The summed E-state index contributed by atoms with van der Waals surface area (Å²) in [6.45, 7) is 1.70. The molecule has 0 saturated heterocycles. The minimum Gasteiger partial charge on any atom is -0.342 e. The van der Waals surface area contributed by atoms with Gasteiger partial charge in [0, 0.05) is 19.5 Å². The number of rotatable bonds is 2. The van der Waals surface area contributed by atoms with E-state index in [1.165, 1.54) is 11.1 Å². The Morgan fingerprint density at radius 2 is 1.75 bits per heavy atom. The van der Waals surface area contributed by atoms with E-state index in [1.54, 1.807) is 0 Å². The summed E-state index contributed by atoms with van der Waals surface area (Å²) < 4.78 is 0. The van der Waals surface area contributed by atoms with Crippen LogP contribution in [0.2, 0.25) is 0 Å². The Kier molecular flexibility index (Phi) is 3.88. The van der Waals surface area contributed by atoms with Crippen molar-refractivity contribution < 1.29 is 4.79 Å². The standard InChI is InChI=1S/C13H17NOS/c15-13(7-10-16)14-8-5-11-3-1-2-4-12(11)6-9-14/h1-4,16H,5-10H2. The van der Waals surface area contributed by atoms with Gasteiger partial charge in [-0.3, -0.25) is 4.79 Å². The molecule has 0 atom stereocenters. The van der Waals surface area contributed by atoms with Gasteiger partial charge in [-0.1, -0.05) is 24.3 Å². The highest BCUT2D eigenvalue weighted by Gasteiger charge is 2.17. The van der Waals surface area contributed by atoms with Gasteiger partial charge in [-0.05, 0) is 29.7 Å². The lowest BCUT2D eigenvalue weighted by Crippen LogP contribution is -2.33. The van der Waals surface area contributed by atoms with Crippen LogP contribution in [0.1, 0.15) is 17.5 Å². The highest BCUT2D eigenvalue weighted by atomic mass is 32.1. The van der Waals surface area contributed by atoms with Crippen LogP contribution < -0.4 is 0 Å². The van der Waals surface area contributed by atoms with Gasteiger partial charge in [0.1, 0.15) is 0 Å². The van der Waals surface area contributed by atoms with Crippen LogP contribution in [0.3, 0.4) is 0 Å². The van der Waals surface area contributed by atoms with E-state index < -0.39 is 0 Å². The molecule has 1 aromatic carbocycles. The third-order valence-electron chi connectivity index (χ3n) is 3.10. The molecule has 1 heterocycles. The second kappa shape index (κ2) is 5.39. The molecule has 0 N–H and O–H groups in total. The van der Waals surface area contributed by atoms with Gasteiger partial charge in [-0.15, -0.1) is 0 Å². The van der Waals surface area contributed by atoms with Gasteiger partial charge in [0.2, 0.25) is 5.91 Å².